The van der Waals surface area contributed by atoms with E-state index in [1.54, 1.807) is 0 Å². The largest absolute Gasteiger partial charge is 0.508 e. The lowest BCUT2D eigenvalue weighted by molar-refractivity contribution is 0.260. The molecule has 3 aromatic rings. The zero-order valence-corrected chi connectivity index (χ0v) is 35.3. The van der Waals surface area contributed by atoms with Gasteiger partial charge in [0, 0.05) is 62.5 Å². The molecule has 0 fully saturated rings. The van der Waals surface area contributed by atoms with E-state index in [1.807, 2.05) is 18.2 Å². The maximum absolute atomic E-state index is 10.9. The second kappa shape index (κ2) is 29.2. The van der Waals surface area contributed by atoms with Crippen molar-refractivity contribution in [2.75, 3.05) is 26.2 Å². The number of unbranched alkanes of at least 4 members (excludes halogenated alkanes) is 15. The number of hydrogen-bond acceptors (Lipinski definition) is 6. The number of nitrogens with zero attached hydrogens (tertiary/aromatic N) is 1. The van der Waals surface area contributed by atoms with Crippen LogP contribution in [0.15, 0.2) is 54.6 Å². The second-order valence-electron chi connectivity index (χ2n) is 16.1. The molecule has 0 bridgehead atoms. The minimum absolute atomic E-state index is 0.353. The lowest BCUT2D eigenvalue weighted by Gasteiger charge is -2.24. The smallest absolute Gasteiger partial charge is 0.120 e. The molecule has 0 aliphatic carbocycles. The van der Waals surface area contributed by atoms with Gasteiger partial charge in [0.25, 0.3) is 0 Å². The Morgan fingerprint density at radius 3 is 1.13 bits per heavy atom. The van der Waals surface area contributed by atoms with Crippen LogP contribution < -0.4 is 10.6 Å². The number of phenolic OH excluding ortho intramolecular Hbond substituents is 3. The van der Waals surface area contributed by atoms with Gasteiger partial charge in [-0.3, -0.25) is 4.90 Å². The molecule has 0 saturated carbocycles. The fourth-order valence-corrected chi connectivity index (χ4v) is 7.55. The van der Waals surface area contributed by atoms with Crippen LogP contribution in [0.3, 0.4) is 0 Å². The Morgan fingerprint density at radius 1 is 0.418 bits per heavy atom. The van der Waals surface area contributed by atoms with Crippen molar-refractivity contribution in [3.05, 3.63) is 88.0 Å². The van der Waals surface area contributed by atoms with E-state index in [0.29, 0.717) is 36.9 Å². The van der Waals surface area contributed by atoms with Gasteiger partial charge < -0.3 is 26.0 Å². The standard InChI is InChI=1S/C49H79N3O3/c1-4-7-10-13-16-19-22-41-25-28-47(53)44(35-41)38-50-31-33-52(40-46-37-43(27-30-49(46)55)24-21-18-15-12-9-6-3)34-32-51-39-45-36-42(26-29-48(45)54)23-20-17-14-11-8-5-2/h25-30,35-37,50-51,53-55H,4-24,31-34,38-40H2,1-3H3. The molecule has 0 aromatic heterocycles. The van der Waals surface area contributed by atoms with Crippen LogP contribution in [-0.2, 0) is 38.9 Å². The van der Waals surface area contributed by atoms with E-state index in [2.05, 4.69) is 72.7 Å². The van der Waals surface area contributed by atoms with Gasteiger partial charge in [0.05, 0.1) is 0 Å². The SMILES string of the molecule is CCCCCCCCc1ccc(O)c(CNCCN(CCNCc2cc(CCCCCCCC)ccc2O)Cc2cc(CCCCCCCC)ccc2O)c1. The molecule has 0 unspecified atom stereocenters. The highest BCUT2D eigenvalue weighted by Crippen LogP contribution is 2.24. The van der Waals surface area contributed by atoms with Crippen LogP contribution in [0.4, 0.5) is 0 Å². The molecule has 0 atom stereocenters. The van der Waals surface area contributed by atoms with Crippen molar-refractivity contribution in [3.63, 3.8) is 0 Å². The molecule has 3 rings (SSSR count). The van der Waals surface area contributed by atoms with E-state index >= 15 is 0 Å². The Balaban J connectivity index is 1.56. The van der Waals surface area contributed by atoms with E-state index in [0.717, 1.165) is 62.1 Å². The van der Waals surface area contributed by atoms with Crippen LogP contribution in [0.5, 0.6) is 17.2 Å². The van der Waals surface area contributed by atoms with Crippen molar-refractivity contribution in [2.24, 2.45) is 0 Å². The highest BCUT2D eigenvalue weighted by Gasteiger charge is 2.12. The quantitative estimate of drug-likeness (QED) is 0.0398. The van der Waals surface area contributed by atoms with Gasteiger partial charge in [-0.25, -0.2) is 0 Å². The van der Waals surface area contributed by atoms with Gasteiger partial charge in [0.2, 0.25) is 0 Å². The highest BCUT2D eigenvalue weighted by molar-refractivity contribution is 5.38. The average molecular weight is 758 g/mol. The summed E-state index contributed by atoms with van der Waals surface area (Å²) in [5.74, 6) is 1.06. The van der Waals surface area contributed by atoms with Gasteiger partial charge in [-0.1, -0.05) is 153 Å². The first-order valence-corrected chi connectivity index (χ1v) is 22.5. The van der Waals surface area contributed by atoms with E-state index in [-0.39, 0.29) is 0 Å². The Labute approximate surface area is 336 Å². The normalized spacial score (nSPS) is 11.6. The van der Waals surface area contributed by atoms with E-state index in [1.165, 1.54) is 132 Å². The van der Waals surface area contributed by atoms with E-state index in [9.17, 15) is 15.3 Å². The van der Waals surface area contributed by atoms with Crippen molar-refractivity contribution in [1.82, 2.24) is 15.5 Å². The lowest BCUT2D eigenvalue weighted by atomic mass is 10.0. The summed E-state index contributed by atoms with van der Waals surface area (Å²) >= 11 is 0. The number of nitrogens with one attached hydrogen (secondary N) is 2. The average Bonchev–Trinajstić information content (AvgIpc) is 3.19. The number of hydrogen-bond donors (Lipinski definition) is 5. The molecule has 3 aromatic carbocycles. The molecule has 5 N–H and O–H groups in total. The first-order valence-electron chi connectivity index (χ1n) is 22.5. The third-order valence-electron chi connectivity index (χ3n) is 11.1. The van der Waals surface area contributed by atoms with Gasteiger partial charge >= 0.3 is 0 Å². The molecule has 0 aliphatic rings. The van der Waals surface area contributed by atoms with Crippen LogP contribution in [0.25, 0.3) is 0 Å². The molecule has 0 radical (unpaired) electrons. The highest BCUT2D eigenvalue weighted by atomic mass is 16.3. The lowest BCUT2D eigenvalue weighted by Crippen LogP contribution is -2.36. The van der Waals surface area contributed by atoms with Gasteiger partial charge in [-0.2, -0.15) is 0 Å². The van der Waals surface area contributed by atoms with E-state index < -0.39 is 0 Å². The molecule has 0 amide bonds. The van der Waals surface area contributed by atoms with Crippen LogP contribution in [0.2, 0.25) is 0 Å². The Morgan fingerprint density at radius 2 is 0.745 bits per heavy atom. The molecule has 6 nitrogen and oxygen atoms in total. The maximum Gasteiger partial charge on any atom is 0.120 e. The third-order valence-corrected chi connectivity index (χ3v) is 11.1. The maximum atomic E-state index is 10.9. The number of aromatic hydroxyl groups is 3. The molecular weight excluding hydrogens is 679 g/mol. The van der Waals surface area contributed by atoms with Crippen LogP contribution >= 0.6 is 0 Å². The predicted molar refractivity (Wildman–Crippen MR) is 234 cm³/mol. The molecule has 0 aliphatic heterocycles. The van der Waals surface area contributed by atoms with E-state index in [4.69, 9.17) is 0 Å². The monoisotopic (exact) mass is 758 g/mol. The number of rotatable bonds is 33. The number of aryl methyl sites for hydroxylation is 3. The molecular formula is C49H79N3O3. The van der Waals surface area contributed by atoms with Gasteiger partial charge in [-0.05, 0) is 73.4 Å². The molecule has 55 heavy (non-hydrogen) atoms. The first-order chi connectivity index (χ1) is 26.9. The summed E-state index contributed by atoms with van der Waals surface area (Å²) in [4.78, 5) is 2.40. The predicted octanol–water partition coefficient (Wildman–Crippen LogP) is 11.9. The molecule has 308 valence electrons. The molecule has 0 saturated heterocycles. The molecule has 0 heterocycles. The summed E-state index contributed by atoms with van der Waals surface area (Å²) in [6.07, 6.45) is 26.2. The fraction of sp³-hybridized carbons (Fsp3) is 0.633. The van der Waals surface area contributed by atoms with Crippen LogP contribution in [-0.4, -0.2) is 46.4 Å². The van der Waals surface area contributed by atoms with Crippen LogP contribution in [0, 0.1) is 0 Å². The van der Waals surface area contributed by atoms with Crippen LogP contribution in [0.1, 0.15) is 170 Å². The Kier molecular flexibility index (Phi) is 24.6. The zero-order valence-electron chi connectivity index (χ0n) is 35.3. The Bertz CT molecular complexity index is 1350. The summed E-state index contributed by atoms with van der Waals surface area (Å²) in [6.45, 7) is 11.8. The minimum Gasteiger partial charge on any atom is -0.508 e. The summed E-state index contributed by atoms with van der Waals surface area (Å²) in [7, 11) is 0. The first kappa shape index (κ1) is 46.3. The fourth-order valence-electron chi connectivity index (χ4n) is 7.55. The van der Waals surface area contributed by atoms with Gasteiger partial charge in [-0.15, -0.1) is 0 Å². The van der Waals surface area contributed by atoms with Crippen molar-refractivity contribution in [3.8, 4) is 17.2 Å². The summed E-state index contributed by atoms with van der Waals surface area (Å²) in [6, 6.07) is 18.3. The molecule has 0 spiro atoms. The third kappa shape index (κ3) is 20.1. The number of phenols is 3. The summed E-state index contributed by atoms with van der Waals surface area (Å²) < 4.78 is 0. The summed E-state index contributed by atoms with van der Waals surface area (Å²) in [5.41, 5.74) is 6.78. The number of benzene rings is 3. The zero-order chi connectivity index (χ0) is 39.4. The minimum atomic E-state index is 0.353. The van der Waals surface area contributed by atoms with Crippen molar-refractivity contribution in [1.29, 1.82) is 0 Å². The van der Waals surface area contributed by atoms with Gasteiger partial charge in [0.1, 0.15) is 17.2 Å². The second-order valence-corrected chi connectivity index (χ2v) is 16.1. The van der Waals surface area contributed by atoms with Gasteiger partial charge in [0.15, 0.2) is 0 Å². The molecule has 6 heteroatoms. The van der Waals surface area contributed by atoms with Crippen molar-refractivity contribution >= 4 is 0 Å². The Hall–Kier alpha value is -3.06. The summed E-state index contributed by atoms with van der Waals surface area (Å²) in [5, 5.41) is 39.4. The topological polar surface area (TPSA) is 88.0 Å². The van der Waals surface area contributed by atoms with Crippen molar-refractivity contribution in [2.45, 2.75) is 175 Å². The van der Waals surface area contributed by atoms with Crippen molar-refractivity contribution < 1.29 is 15.3 Å².